The Bertz CT molecular complexity index is 859. The van der Waals surface area contributed by atoms with Crippen molar-refractivity contribution in [1.82, 2.24) is 20.3 Å². The highest BCUT2D eigenvalue weighted by Gasteiger charge is 2.17. The van der Waals surface area contributed by atoms with E-state index < -0.39 is 0 Å². The van der Waals surface area contributed by atoms with Crippen LogP contribution in [0.1, 0.15) is 21.6 Å². The van der Waals surface area contributed by atoms with Crippen LogP contribution in [-0.2, 0) is 13.0 Å². The van der Waals surface area contributed by atoms with Gasteiger partial charge in [0, 0.05) is 6.54 Å². The minimum absolute atomic E-state index is 0.145. The van der Waals surface area contributed by atoms with E-state index in [4.69, 9.17) is 10.5 Å². The molecule has 0 atom stereocenters. The maximum Gasteiger partial charge on any atom is 0.275 e. The van der Waals surface area contributed by atoms with Gasteiger partial charge in [0.15, 0.2) is 11.5 Å². The minimum atomic E-state index is -0.320. The van der Waals surface area contributed by atoms with Gasteiger partial charge in [-0.3, -0.25) is 4.79 Å². The molecule has 7 nitrogen and oxygen atoms in total. The second-order valence-corrected chi connectivity index (χ2v) is 5.82. The van der Waals surface area contributed by atoms with E-state index >= 15 is 0 Å². The number of aromatic nitrogens is 3. The Morgan fingerprint density at radius 3 is 2.54 bits per heavy atom. The van der Waals surface area contributed by atoms with E-state index in [0.29, 0.717) is 13.1 Å². The lowest BCUT2D eigenvalue weighted by molar-refractivity contribution is 0.0950. The van der Waals surface area contributed by atoms with Crippen LogP contribution >= 0.6 is 0 Å². The first-order chi connectivity index (χ1) is 12.7. The molecule has 2 aromatic carbocycles. The number of nitrogens with two attached hydrogens (primary N) is 1. The second-order valence-electron chi connectivity index (χ2n) is 5.82. The second kappa shape index (κ2) is 8.15. The molecular formula is C19H21N5O2. The lowest BCUT2D eigenvalue weighted by atomic mass is 10.1. The number of methoxy groups -OCH3 is 1. The number of anilines is 1. The third-order valence-electron chi connectivity index (χ3n) is 4.02. The summed E-state index contributed by atoms with van der Waals surface area (Å²) in [6.07, 6.45) is 0.743. The van der Waals surface area contributed by atoms with Gasteiger partial charge in [-0.15, -0.1) is 5.10 Å². The van der Waals surface area contributed by atoms with Crippen LogP contribution in [0.15, 0.2) is 54.6 Å². The van der Waals surface area contributed by atoms with Crippen LogP contribution in [0.2, 0.25) is 0 Å². The number of hydrogen-bond acceptors (Lipinski definition) is 5. The highest BCUT2D eigenvalue weighted by molar-refractivity contribution is 5.96. The zero-order valence-electron chi connectivity index (χ0n) is 14.6. The lowest BCUT2D eigenvalue weighted by Crippen LogP contribution is -2.27. The van der Waals surface area contributed by atoms with Crippen molar-refractivity contribution in [3.05, 3.63) is 71.4 Å². The summed E-state index contributed by atoms with van der Waals surface area (Å²) in [5.74, 6) is 0.705. The number of amides is 1. The Morgan fingerprint density at radius 1 is 1.12 bits per heavy atom. The standard InChI is InChI=1S/C19H21N5O2/c1-26-16-9-7-15(8-10-16)13-24-18(20)17(22-23-24)19(25)21-12-11-14-5-3-2-4-6-14/h2-10H,11-13,20H2,1H3,(H,21,25). The van der Waals surface area contributed by atoms with Gasteiger partial charge >= 0.3 is 0 Å². The molecule has 0 bridgehead atoms. The van der Waals surface area contributed by atoms with Crippen molar-refractivity contribution in [3.63, 3.8) is 0 Å². The van der Waals surface area contributed by atoms with Crippen LogP contribution in [0.5, 0.6) is 5.75 Å². The van der Waals surface area contributed by atoms with Crippen molar-refractivity contribution in [2.45, 2.75) is 13.0 Å². The SMILES string of the molecule is COc1ccc(Cn2nnc(C(=O)NCCc3ccccc3)c2N)cc1. The largest absolute Gasteiger partial charge is 0.497 e. The van der Waals surface area contributed by atoms with Crippen LogP contribution < -0.4 is 15.8 Å². The molecule has 3 rings (SSSR count). The smallest absolute Gasteiger partial charge is 0.275 e. The van der Waals surface area contributed by atoms with E-state index in [9.17, 15) is 4.79 Å². The van der Waals surface area contributed by atoms with Crippen LogP contribution in [0.25, 0.3) is 0 Å². The zero-order chi connectivity index (χ0) is 18.4. The summed E-state index contributed by atoms with van der Waals surface area (Å²) in [5.41, 5.74) is 8.33. The van der Waals surface area contributed by atoms with Crippen molar-refractivity contribution >= 4 is 11.7 Å². The number of ether oxygens (including phenoxy) is 1. The van der Waals surface area contributed by atoms with Gasteiger partial charge in [-0.25, -0.2) is 4.68 Å². The van der Waals surface area contributed by atoms with Gasteiger partial charge in [0.2, 0.25) is 0 Å². The molecule has 0 aliphatic carbocycles. The molecule has 1 aromatic heterocycles. The zero-order valence-corrected chi connectivity index (χ0v) is 14.6. The first kappa shape index (κ1) is 17.5. The minimum Gasteiger partial charge on any atom is -0.497 e. The summed E-state index contributed by atoms with van der Waals surface area (Å²) in [7, 11) is 1.62. The molecule has 0 aliphatic heterocycles. The maximum atomic E-state index is 12.3. The van der Waals surface area contributed by atoms with Crippen molar-refractivity contribution in [3.8, 4) is 5.75 Å². The molecule has 0 saturated carbocycles. The highest BCUT2D eigenvalue weighted by atomic mass is 16.5. The van der Waals surface area contributed by atoms with E-state index in [1.165, 1.54) is 4.68 Å². The molecule has 1 amide bonds. The first-order valence-corrected chi connectivity index (χ1v) is 8.31. The molecule has 3 aromatic rings. The van der Waals surface area contributed by atoms with E-state index in [-0.39, 0.29) is 17.4 Å². The maximum absolute atomic E-state index is 12.3. The van der Waals surface area contributed by atoms with Crippen LogP contribution in [-0.4, -0.2) is 34.6 Å². The molecule has 1 heterocycles. The average molecular weight is 351 g/mol. The molecule has 26 heavy (non-hydrogen) atoms. The van der Waals surface area contributed by atoms with E-state index in [0.717, 1.165) is 23.3 Å². The number of benzene rings is 2. The molecule has 0 radical (unpaired) electrons. The Hall–Kier alpha value is -3.35. The molecule has 7 heteroatoms. The predicted octanol–water partition coefficient (Wildman–Crippen LogP) is 1.89. The van der Waals surface area contributed by atoms with Gasteiger partial charge in [0.25, 0.3) is 5.91 Å². The summed E-state index contributed by atoms with van der Waals surface area (Å²) < 4.78 is 6.64. The summed E-state index contributed by atoms with van der Waals surface area (Å²) in [5, 5.41) is 10.7. The monoisotopic (exact) mass is 351 g/mol. The third-order valence-corrected chi connectivity index (χ3v) is 4.02. The van der Waals surface area contributed by atoms with Crippen LogP contribution in [0, 0.1) is 0 Å². The molecule has 0 spiro atoms. The van der Waals surface area contributed by atoms with Gasteiger partial charge < -0.3 is 15.8 Å². The van der Waals surface area contributed by atoms with Crippen molar-refractivity contribution in [2.24, 2.45) is 0 Å². The van der Waals surface area contributed by atoms with E-state index in [1.54, 1.807) is 7.11 Å². The Balaban J connectivity index is 1.59. The number of carbonyl (C=O) groups is 1. The topological polar surface area (TPSA) is 95.1 Å². The fraction of sp³-hybridized carbons (Fsp3) is 0.211. The van der Waals surface area contributed by atoms with Crippen molar-refractivity contribution in [1.29, 1.82) is 0 Å². The number of nitrogen functional groups attached to an aromatic ring is 1. The molecule has 0 saturated heterocycles. The van der Waals surface area contributed by atoms with Crippen molar-refractivity contribution < 1.29 is 9.53 Å². The quantitative estimate of drug-likeness (QED) is 0.678. The number of nitrogens with zero attached hydrogens (tertiary/aromatic N) is 3. The number of carbonyl (C=O) groups excluding carboxylic acids is 1. The van der Waals surface area contributed by atoms with Crippen LogP contribution in [0.4, 0.5) is 5.82 Å². The highest BCUT2D eigenvalue weighted by Crippen LogP contribution is 2.14. The molecule has 0 fully saturated rings. The predicted molar refractivity (Wildman–Crippen MR) is 99.0 cm³/mol. The van der Waals surface area contributed by atoms with E-state index in [2.05, 4.69) is 15.6 Å². The first-order valence-electron chi connectivity index (χ1n) is 8.31. The van der Waals surface area contributed by atoms with Crippen molar-refractivity contribution in [2.75, 3.05) is 19.4 Å². The summed E-state index contributed by atoms with van der Waals surface area (Å²) in [6, 6.07) is 17.5. The molecule has 0 aliphatic rings. The summed E-state index contributed by atoms with van der Waals surface area (Å²) in [6.45, 7) is 0.938. The molecule has 134 valence electrons. The molecular weight excluding hydrogens is 330 g/mol. The fourth-order valence-corrected chi connectivity index (χ4v) is 2.55. The van der Waals surface area contributed by atoms with Crippen LogP contribution in [0.3, 0.4) is 0 Å². The Morgan fingerprint density at radius 2 is 1.85 bits per heavy atom. The number of hydrogen-bond donors (Lipinski definition) is 2. The van der Waals surface area contributed by atoms with Gasteiger partial charge in [-0.1, -0.05) is 47.7 Å². The average Bonchev–Trinajstić information content (AvgIpc) is 3.03. The fourth-order valence-electron chi connectivity index (χ4n) is 2.55. The van der Waals surface area contributed by atoms with Gasteiger partial charge in [0.05, 0.1) is 13.7 Å². The summed E-state index contributed by atoms with van der Waals surface area (Å²) >= 11 is 0. The van der Waals surface area contributed by atoms with E-state index in [1.807, 2.05) is 54.6 Å². The van der Waals surface area contributed by atoms with Gasteiger partial charge in [-0.05, 0) is 29.7 Å². The molecule has 0 unspecified atom stereocenters. The van der Waals surface area contributed by atoms with Gasteiger partial charge in [0.1, 0.15) is 5.75 Å². The third kappa shape index (κ3) is 4.18. The number of rotatable bonds is 7. The van der Waals surface area contributed by atoms with Gasteiger partial charge in [-0.2, -0.15) is 0 Å². The molecule has 3 N–H and O–H groups in total. The normalized spacial score (nSPS) is 10.5. The lowest BCUT2D eigenvalue weighted by Gasteiger charge is -2.06. The summed E-state index contributed by atoms with van der Waals surface area (Å²) in [4.78, 5) is 12.3. The Kier molecular flexibility index (Phi) is 5.48. The number of nitrogens with one attached hydrogen (secondary N) is 1. The Labute approximate surface area is 151 Å².